The fraction of sp³-hybridized carbons (Fsp3) is 0.190. The van der Waals surface area contributed by atoms with Gasteiger partial charge in [-0.25, -0.2) is 13.9 Å². The number of hydrogen-bond acceptors (Lipinski definition) is 3. The van der Waals surface area contributed by atoms with E-state index in [1.165, 1.54) is 16.8 Å². The number of urea groups is 1. The summed E-state index contributed by atoms with van der Waals surface area (Å²) in [6, 6.07) is 14.5. The van der Waals surface area contributed by atoms with Gasteiger partial charge in [-0.15, -0.1) is 0 Å². The molecule has 0 aliphatic carbocycles. The number of nitrogens with zero attached hydrogens (tertiary/aromatic N) is 2. The molecule has 1 aromatic heterocycles. The van der Waals surface area contributed by atoms with Crippen LogP contribution < -0.4 is 16.0 Å². The number of amides is 3. The predicted molar refractivity (Wildman–Crippen MR) is 108 cm³/mol. The van der Waals surface area contributed by atoms with E-state index in [-0.39, 0.29) is 29.5 Å². The van der Waals surface area contributed by atoms with Gasteiger partial charge < -0.3 is 16.0 Å². The van der Waals surface area contributed by atoms with Crippen molar-refractivity contribution in [1.82, 2.24) is 20.4 Å². The van der Waals surface area contributed by atoms with Crippen LogP contribution in [0.25, 0.3) is 5.69 Å². The van der Waals surface area contributed by atoms with Crippen LogP contribution in [-0.2, 0) is 6.54 Å². The number of hydrogen-bond donors (Lipinski definition) is 3. The lowest BCUT2D eigenvalue weighted by molar-refractivity contribution is 0.0945. The summed E-state index contributed by atoms with van der Waals surface area (Å²) in [5, 5.41) is 12.5. The second kappa shape index (κ2) is 9.01. The average Bonchev–Trinajstić information content (AvgIpc) is 3.17. The molecule has 29 heavy (non-hydrogen) atoms. The van der Waals surface area contributed by atoms with Crippen molar-refractivity contribution in [2.24, 2.45) is 0 Å². The largest absolute Gasteiger partial charge is 0.347 e. The van der Waals surface area contributed by atoms with Crippen LogP contribution in [0.1, 0.15) is 29.9 Å². The quantitative estimate of drug-likeness (QED) is 0.597. The summed E-state index contributed by atoms with van der Waals surface area (Å²) in [5.41, 5.74) is 2.30. The number of aromatic nitrogens is 2. The maximum atomic E-state index is 13.3. The van der Waals surface area contributed by atoms with Gasteiger partial charge in [0.2, 0.25) is 0 Å². The Balaban J connectivity index is 1.55. The van der Waals surface area contributed by atoms with Crippen LogP contribution in [-0.4, -0.2) is 27.8 Å². The molecular weight excluding hydrogens is 373 g/mol. The topological polar surface area (TPSA) is 88.0 Å². The van der Waals surface area contributed by atoms with Gasteiger partial charge in [0.25, 0.3) is 5.91 Å². The molecular formula is C21H22FN5O2. The van der Waals surface area contributed by atoms with E-state index < -0.39 is 0 Å². The van der Waals surface area contributed by atoms with Crippen LogP contribution >= 0.6 is 0 Å². The summed E-state index contributed by atoms with van der Waals surface area (Å²) in [6.45, 7) is 4.07. The molecule has 3 aromatic rings. The zero-order chi connectivity index (χ0) is 20.8. The lowest BCUT2D eigenvalue weighted by Gasteiger charge is -2.10. The van der Waals surface area contributed by atoms with E-state index in [1.54, 1.807) is 36.5 Å². The van der Waals surface area contributed by atoms with Gasteiger partial charge in [-0.2, -0.15) is 5.10 Å². The molecule has 0 unspecified atom stereocenters. The van der Waals surface area contributed by atoms with E-state index in [1.807, 2.05) is 26.0 Å². The highest BCUT2D eigenvalue weighted by Gasteiger charge is 2.10. The standard InChI is InChI=1S/C21H22FN5O2/c1-14(2)24-21(29)25-17-8-6-15(7-9-17)13-23-20(28)19-10-11-27(26-19)18-5-3-4-16(22)12-18/h3-12,14H,13H2,1-2H3,(H,23,28)(H2,24,25,29). The second-order valence-corrected chi connectivity index (χ2v) is 6.76. The molecule has 0 atom stereocenters. The van der Waals surface area contributed by atoms with Crippen LogP contribution in [0.15, 0.2) is 60.8 Å². The van der Waals surface area contributed by atoms with Gasteiger partial charge in [0.1, 0.15) is 5.82 Å². The first-order chi connectivity index (χ1) is 13.9. The van der Waals surface area contributed by atoms with Crippen molar-refractivity contribution in [2.45, 2.75) is 26.4 Å². The van der Waals surface area contributed by atoms with Gasteiger partial charge in [-0.3, -0.25) is 4.79 Å². The van der Waals surface area contributed by atoms with Crippen molar-refractivity contribution >= 4 is 17.6 Å². The first kappa shape index (κ1) is 20.1. The Morgan fingerprint density at radius 2 is 1.86 bits per heavy atom. The molecule has 2 aromatic carbocycles. The van der Waals surface area contributed by atoms with E-state index in [0.29, 0.717) is 17.9 Å². The Morgan fingerprint density at radius 1 is 1.10 bits per heavy atom. The number of rotatable bonds is 6. The summed E-state index contributed by atoms with van der Waals surface area (Å²) in [6.07, 6.45) is 1.60. The maximum absolute atomic E-state index is 13.3. The minimum Gasteiger partial charge on any atom is -0.347 e. The summed E-state index contributed by atoms with van der Waals surface area (Å²) >= 11 is 0. The Labute approximate surface area is 167 Å². The molecule has 0 spiro atoms. The molecule has 3 rings (SSSR count). The highest BCUT2D eigenvalue weighted by atomic mass is 19.1. The van der Waals surface area contributed by atoms with Crippen molar-refractivity contribution in [3.8, 4) is 5.69 Å². The molecule has 3 N–H and O–H groups in total. The normalized spacial score (nSPS) is 10.6. The first-order valence-electron chi connectivity index (χ1n) is 9.17. The summed E-state index contributed by atoms with van der Waals surface area (Å²) < 4.78 is 14.8. The molecule has 0 aliphatic heterocycles. The first-order valence-corrected chi connectivity index (χ1v) is 9.17. The monoisotopic (exact) mass is 395 g/mol. The van der Waals surface area contributed by atoms with Gasteiger partial charge >= 0.3 is 6.03 Å². The molecule has 0 saturated heterocycles. The van der Waals surface area contributed by atoms with Crippen LogP contribution in [0.3, 0.4) is 0 Å². The van der Waals surface area contributed by atoms with Crippen molar-refractivity contribution in [1.29, 1.82) is 0 Å². The molecule has 0 saturated carbocycles. The fourth-order valence-electron chi connectivity index (χ4n) is 2.62. The van der Waals surface area contributed by atoms with Gasteiger partial charge in [0.15, 0.2) is 5.69 Å². The molecule has 3 amide bonds. The van der Waals surface area contributed by atoms with E-state index in [4.69, 9.17) is 0 Å². The molecule has 0 aliphatic rings. The molecule has 7 nitrogen and oxygen atoms in total. The smallest absolute Gasteiger partial charge is 0.319 e. The molecule has 8 heteroatoms. The van der Waals surface area contributed by atoms with Crippen molar-refractivity contribution in [2.75, 3.05) is 5.32 Å². The van der Waals surface area contributed by atoms with E-state index in [9.17, 15) is 14.0 Å². The molecule has 1 heterocycles. The number of carbonyl (C=O) groups is 2. The maximum Gasteiger partial charge on any atom is 0.319 e. The van der Waals surface area contributed by atoms with E-state index >= 15 is 0 Å². The van der Waals surface area contributed by atoms with Gasteiger partial charge in [0, 0.05) is 24.5 Å². The molecule has 0 bridgehead atoms. The lowest BCUT2D eigenvalue weighted by atomic mass is 10.2. The number of nitrogens with one attached hydrogen (secondary N) is 3. The predicted octanol–water partition coefficient (Wildman–Crippen LogP) is 3.47. The summed E-state index contributed by atoms with van der Waals surface area (Å²) in [5.74, 6) is -0.706. The van der Waals surface area contributed by atoms with Crippen molar-refractivity contribution in [3.05, 3.63) is 77.9 Å². The van der Waals surface area contributed by atoms with Crippen LogP contribution in [0, 0.1) is 5.82 Å². The minimum atomic E-state index is -0.372. The highest BCUT2D eigenvalue weighted by Crippen LogP contribution is 2.11. The van der Waals surface area contributed by atoms with Gasteiger partial charge in [-0.1, -0.05) is 18.2 Å². The summed E-state index contributed by atoms with van der Waals surface area (Å²) in [4.78, 5) is 24.0. The Morgan fingerprint density at radius 3 is 2.55 bits per heavy atom. The summed E-state index contributed by atoms with van der Waals surface area (Å²) in [7, 11) is 0. The Bertz CT molecular complexity index is 998. The van der Waals surface area contributed by atoms with E-state index in [2.05, 4.69) is 21.0 Å². The van der Waals surface area contributed by atoms with Crippen LogP contribution in [0.2, 0.25) is 0 Å². The molecule has 0 radical (unpaired) electrons. The third kappa shape index (κ3) is 5.65. The third-order valence-electron chi connectivity index (χ3n) is 3.98. The number of benzene rings is 2. The minimum absolute atomic E-state index is 0.0499. The fourth-order valence-corrected chi connectivity index (χ4v) is 2.62. The van der Waals surface area contributed by atoms with Gasteiger partial charge in [0.05, 0.1) is 5.69 Å². The number of halogens is 1. The van der Waals surface area contributed by atoms with Crippen LogP contribution in [0.5, 0.6) is 0 Å². The van der Waals surface area contributed by atoms with Crippen LogP contribution in [0.4, 0.5) is 14.9 Å². The Kier molecular flexibility index (Phi) is 6.23. The molecule has 0 fully saturated rings. The number of carbonyl (C=O) groups excluding carboxylic acids is 2. The van der Waals surface area contributed by atoms with Gasteiger partial charge in [-0.05, 0) is 55.8 Å². The Hall–Kier alpha value is -3.68. The zero-order valence-corrected chi connectivity index (χ0v) is 16.1. The number of anilines is 1. The van der Waals surface area contributed by atoms with E-state index in [0.717, 1.165) is 5.56 Å². The van der Waals surface area contributed by atoms with Crippen molar-refractivity contribution < 1.29 is 14.0 Å². The zero-order valence-electron chi connectivity index (χ0n) is 16.1. The highest BCUT2D eigenvalue weighted by molar-refractivity contribution is 5.92. The SMILES string of the molecule is CC(C)NC(=O)Nc1ccc(CNC(=O)c2ccn(-c3cccc(F)c3)n2)cc1. The average molecular weight is 395 g/mol. The lowest BCUT2D eigenvalue weighted by Crippen LogP contribution is -2.34. The third-order valence-corrected chi connectivity index (χ3v) is 3.98. The molecule has 150 valence electrons. The van der Waals surface area contributed by atoms with Crippen molar-refractivity contribution in [3.63, 3.8) is 0 Å². The second-order valence-electron chi connectivity index (χ2n) is 6.76.